The highest BCUT2D eigenvalue weighted by Crippen LogP contribution is 2.27. The largest absolute Gasteiger partial charge is 0.480 e. The summed E-state index contributed by atoms with van der Waals surface area (Å²) in [6.07, 6.45) is 2.45. The molecular weight excluding hydrogens is 242 g/mol. The molecule has 3 N–H and O–H groups in total. The van der Waals surface area contributed by atoms with Gasteiger partial charge in [-0.15, -0.1) is 0 Å². The van der Waals surface area contributed by atoms with Gasteiger partial charge in [-0.3, -0.25) is 19.4 Å². The van der Waals surface area contributed by atoms with Gasteiger partial charge in [-0.05, 0) is 12.8 Å². The molecule has 1 aromatic heterocycles. The number of nitrogens with zero attached hydrogens (tertiary/aromatic N) is 1. The second-order valence-electron chi connectivity index (χ2n) is 4.04. The summed E-state index contributed by atoms with van der Waals surface area (Å²) in [4.78, 5) is 50.2. The van der Waals surface area contributed by atoms with Crippen LogP contribution >= 0.6 is 0 Å². The summed E-state index contributed by atoms with van der Waals surface area (Å²) in [5, 5.41) is 8.73. The summed E-state index contributed by atoms with van der Waals surface area (Å²) in [7, 11) is 0. The van der Waals surface area contributed by atoms with Crippen molar-refractivity contribution in [3.8, 4) is 0 Å². The minimum atomic E-state index is -1.14. The summed E-state index contributed by atoms with van der Waals surface area (Å²) in [5.41, 5.74) is -1.80. The Morgan fingerprint density at radius 2 is 2.06 bits per heavy atom. The first kappa shape index (κ1) is 12.1. The van der Waals surface area contributed by atoms with Crippen molar-refractivity contribution in [3.05, 3.63) is 32.6 Å². The highest BCUT2D eigenvalue weighted by molar-refractivity contribution is 5.95. The highest BCUT2D eigenvalue weighted by atomic mass is 16.4. The van der Waals surface area contributed by atoms with E-state index in [2.05, 4.69) is 4.98 Å². The predicted molar refractivity (Wildman–Crippen MR) is 59.4 cm³/mol. The Labute approximate surface area is 100 Å². The van der Waals surface area contributed by atoms with Crippen molar-refractivity contribution < 1.29 is 14.7 Å². The van der Waals surface area contributed by atoms with E-state index in [1.165, 1.54) is 0 Å². The highest BCUT2D eigenvalue weighted by Gasteiger charge is 2.35. The van der Waals surface area contributed by atoms with Crippen molar-refractivity contribution in [2.75, 3.05) is 6.54 Å². The molecule has 0 aliphatic heterocycles. The molecule has 8 heteroatoms. The lowest BCUT2D eigenvalue weighted by atomic mass is 10.2. The quantitative estimate of drug-likeness (QED) is 0.618. The van der Waals surface area contributed by atoms with Crippen LogP contribution in [0.25, 0.3) is 0 Å². The average Bonchev–Trinajstić information content (AvgIpc) is 3.08. The zero-order valence-electron chi connectivity index (χ0n) is 9.30. The maximum atomic E-state index is 12.0. The Hall–Kier alpha value is -2.38. The Morgan fingerprint density at radius 3 is 2.56 bits per heavy atom. The van der Waals surface area contributed by atoms with Crippen LogP contribution in [-0.4, -0.2) is 44.4 Å². The zero-order chi connectivity index (χ0) is 13.3. The van der Waals surface area contributed by atoms with Gasteiger partial charge in [0.25, 0.3) is 11.5 Å². The van der Waals surface area contributed by atoms with Gasteiger partial charge in [0.15, 0.2) is 0 Å². The molecule has 18 heavy (non-hydrogen) atoms. The fourth-order valence-electron chi connectivity index (χ4n) is 1.62. The molecule has 0 unspecified atom stereocenters. The third-order valence-corrected chi connectivity index (χ3v) is 2.60. The molecule has 1 aromatic rings. The van der Waals surface area contributed by atoms with E-state index in [1.54, 1.807) is 0 Å². The summed E-state index contributed by atoms with van der Waals surface area (Å²) in [5.74, 6) is -1.83. The van der Waals surface area contributed by atoms with Gasteiger partial charge < -0.3 is 15.0 Å². The molecule has 0 spiro atoms. The van der Waals surface area contributed by atoms with Gasteiger partial charge in [0, 0.05) is 12.2 Å². The molecule has 1 aliphatic carbocycles. The number of carbonyl (C=O) groups excluding carboxylic acids is 1. The molecule has 0 radical (unpaired) electrons. The molecule has 0 saturated heterocycles. The number of carboxylic acids is 1. The lowest BCUT2D eigenvalue weighted by molar-refractivity contribution is -0.137. The van der Waals surface area contributed by atoms with Gasteiger partial charge in [0.1, 0.15) is 12.1 Å². The normalized spacial score (nSPS) is 14.2. The van der Waals surface area contributed by atoms with Crippen LogP contribution in [-0.2, 0) is 4.79 Å². The number of hydrogen-bond donors (Lipinski definition) is 3. The molecule has 0 aromatic carbocycles. The average molecular weight is 253 g/mol. The molecule has 1 heterocycles. The predicted octanol–water partition coefficient (Wildman–Crippen LogP) is -1.25. The molecular formula is C10H11N3O5. The van der Waals surface area contributed by atoms with E-state index in [0.29, 0.717) is 0 Å². The second-order valence-corrected chi connectivity index (χ2v) is 4.04. The zero-order valence-corrected chi connectivity index (χ0v) is 9.30. The minimum Gasteiger partial charge on any atom is -0.480 e. The third kappa shape index (κ3) is 2.47. The molecule has 8 nitrogen and oxygen atoms in total. The number of aromatic amines is 2. The number of aliphatic carboxylic acids is 1. The molecule has 1 amide bonds. The van der Waals surface area contributed by atoms with Crippen LogP contribution in [0, 0.1) is 0 Å². The molecule has 0 bridgehead atoms. The van der Waals surface area contributed by atoms with Crippen LogP contribution in [0.3, 0.4) is 0 Å². The summed E-state index contributed by atoms with van der Waals surface area (Å²) < 4.78 is 0. The van der Waals surface area contributed by atoms with Gasteiger partial charge in [0.05, 0.1) is 0 Å². The van der Waals surface area contributed by atoms with Gasteiger partial charge in [-0.2, -0.15) is 0 Å². The summed E-state index contributed by atoms with van der Waals surface area (Å²) in [6, 6.07) is -0.139. The smallest absolute Gasteiger partial charge is 0.325 e. The number of nitrogens with one attached hydrogen (secondary N) is 2. The maximum absolute atomic E-state index is 12.0. The van der Waals surface area contributed by atoms with Crippen LogP contribution in [0.15, 0.2) is 15.8 Å². The van der Waals surface area contributed by atoms with E-state index in [-0.39, 0.29) is 11.6 Å². The van der Waals surface area contributed by atoms with E-state index in [4.69, 9.17) is 5.11 Å². The number of hydrogen-bond acceptors (Lipinski definition) is 4. The fourth-order valence-corrected chi connectivity index (χ4v) is 1.62. The Morgan fingerprint density at radius 1 is 1.39 bits per heavy atom. The van der Waals surface area contributed by atoms with Crippen LogP contribution in [0.4, 0.5) is 0 Å². The molecule has 1 saturated carbocycles. The molecule has 2 rings (SSSR count). The van der Waals surface area contributed by atoms with Crippen molar-refractivity contribution in [1.82, 2.24) is 14.9 Å². The molecule has 1 fully saturated rings. The van der Waals surface area contributed by atoms with Crippen LogP contribution < -0.4 is 11.2 Å². The number of carbonyl (C=O) groups is 2. The molecule has 0 atom stereocenters. The first-order valence-electron chi connectivity index (χ1n) is 5.34. The topological polar surface area (TPSA) is 123 Å². The van der Waals surface area contributed by atoms with Crippen molar-refractivity contribution in [3.63, 3.8) is 0 Å². The lowest BCUT2D eigenvalue weighted by Gasteiger charge is -2.19. The first-order valence-corrected chi connectivity index (χ1v) is 5.34. The van der Waals surface area contributed by atoms with Gasteiger partial charge in [0.2, 0.25) is 0 Å². The fraction of sp³-hybridized carbons (Fsp3) is 0.400. The van der Waals surface area contributed by atoms with E-state index in [1.807, 2.05) is 4.98 Å². The standard InChI is InChI=1S/C10H11N3O5/c14-7(15)4-13(5-1-2-5)9(17)6-3-11-10(18)12-8(6)16/h3,5H,1-2,4H2,(H,14,15)(H2,11,12,16,18). The third-order valence-electron chi connectivity index (χ3n) is 2.60. The van der Waals surface area contributed by atoms with Gasteiger partial charge in [-0.25, -0.2) is 4.79 Å². The SMILES string of the molecule is O=C(O)CN(C(=O)c1c[nH]c(=O)[nH]c1=O)C1CC1. The Balaban J connectivity index is 2.30. The van der Waals surface area contributed by atoms with Gasteiger partial charge in [-0.1, -0.05) is 0 Å². The van der Waals surface area contributed by atoms with Crippen LogP contribution in [0.2, 0.25) is 0 Å². The Bertz CT molecular complexity index is 598. The number of aromatic nitrogens is 2. The van der Waals surface area contributed by atoms with E-state index in [9.17, 15) is 19.2 Å². The Kier molecular flexibility index (Phi) is 3.00. The number of carboxylic acid groups (broad SMARTS) is 1. The van der Waals surface area contributed by atoms with Gasteiger partial charge >= 0.3 is 11.7 Å². The molecule has 1 aliphatic rings. The van der Waals surface area contributed by atoms with Crippen molar-refractivity contribution in [1.29, 1.82) is 0 Å². The van der Waals surface area contributed by atoms with Crippen molar-refractivity contribution in [2.24, 2.45) is 0 Å². The number of amides is 1. The summed E-state index contributed by atoms with van der Waals surface area (Å²) in [6.45, 7) is -0.456. The molecule has 96 valence electrons. The van der Waals surface area contributed by atoms with E-state index >= 15 is 0 Å². The maximum Gasteiger partial charge on any atom is 0.325 e. The van der Waals surface area contributed by atoms with Crippen molar-refractivity contribution in [2.45, 2.75) is 18.9 Å². The number of rotatable bonds is 4. The first-order chi connectivity index (χ1) is 8.49. The second kappa shape index (κ2) is 4.47. The van der Waals surface area contributed by atoms with E-state index in [0.717, 1.165) is 23.9 Å². The lowest BCUT2D eigenvalue weighted by Crippen LogP contribution is -2.41. The number of H-pyrrole nitrogens is 2. The van der Waals surface area contributed by atoms with Crippen LogP contribution in [0.1, 0.15) is 23.2 Å². The summed E-state index contributed by atoms with van der Waals surface area (Å²) >= 11 is 0. The van der Waals surface area contributed by atoms with Crippen LogP contribution in [0.5, 0.6) is 0 Å². The monoisotopic (exact) mass is 253 g/mol. The minimum absolute atomic E-state index is 0.139. The van der Waals surface area contributed by atoms with E-state index < -0.39 is 29.7 Å². The van der Waals surface area contributed by atoms with Crippen molar-refractivity contribution >= 4 is 11.9 Å².